The number of carbonyl (C=O) groups is 2. The van der Waals surface area contributed by atoms with Crippen LogP contribution in [0.3, 0.4) is 0 Å². The summed E-state index contributed by atoms with van der Waals surface area (Å²) < 4.78 is 13.3. The zero-order valence-corrected chi connectivity index (χ0v) is 11.5. The number of carboxylic acid groups (broad SMARTS) is 1. The van der Waals surface area contributed by atoms with Crippen molar-refractivity contribution in [2.24, 2.45) is 5.92 Å². The van der Waals surface area contributed by atoms with E-state index in [-0.39, 0.29) is 16.0 Å². The van der Waals surface area contributed by atoms with Crippen molar-refractivity contribution in [1.82, 2.24) is 5.32 Å². The van der Waals surface area contributed by atoms with Crippen LogP contribution in [-0.2, 0) is 4.79 Å². The Morgan fingerprint density at radius 3 is 2.50 bits per heavy atom. The predicted octanol–water partition coefficient (Wildman–Crippen LogP) is 2.43. The third kappa shape index (κ3) is 3.29. The molecule has 2 N–H and O–H groups in total. The van der Waals surface area contributed by atoms with Crippen LogP contribution in [0.25, 0.3) is 0 Å². The SMILES string of the molecule is CC(C)[C@@H](NC(=O)c1cccc(F)c1Br)C(=O)O. The van der Waals surface area contributed by atoms with Gasteiger partial charge >= 0.3 is 5.97 Å². The van der Waals surface area contributed by atoms with Gasteiger partial charge in [-0.05, 0) is 34.0 Å². The van der Waals surface area contributed by atoms with Crippen molar-refractivity contribution in [2.45, 2.75) is 19.9 Å². The molecule has 4 nitrogen and oxygen atoms in total. The maximum absolute atomic E-state index is 13.3. The number of hydrogen-bond acceptors (Lipinski definition) is 2. The van der Waals surface area contributed by atoms with E-state index in [9.17, 15) is 14.0 Å². The Bertz CT molecular complexity index is 476. The van der Waals surface area contributed by atoms with Gasteiger partial charge in [-0.2, -0.15) is 0 Å². The van der Waals surface area contributed by atoms with Crippen LogP contribution in [0.1, 0.15) is 24.2 Å². The fourth-order valence-corrected chi connectivity index (χ4v) is 1.86. The molecule has 0 unspecified atom stereocenters. The molecule has 1 atom stereocenters. The first-order valence-corrected chi connectivity index (χ1v) is 6.11. The molecule has 0 saturated heterocycles. The largest absolute Gasteiger partial charge is 0.480 e. The molecule has 18 heavy (non-hydrogen) atoms. The summed E-state index contributed by atoms with van der Waals surface area (Å²) in [6, 6.07) is 3.01. The van der Waals surface area contributed by atoms with Crippen LogP contribution in [0.4, 0.5) is 4.39 Å². The average molecular weight is 318 g/mol. The van der Waals surface area contributed by atoms with Crippen LogP contribution in [0.15, 0.2) is 22.7 Å². The number of hydrogen-bond donors (Lipinski definition) is 2. The number of halogens is 2. The van der Waals surface area contributed by atoms with Gasteiger partial charge in [0.2, 0.25) is 0 Å². The van der Waals surface area contributed by atoms with E-state index < -0.39 is 23.7 Å². The van der Waals surface area contributed by atoms with E-state index in [1.54, 1.807) is 13.8 Å². The molecule has 0 aliphatic heterocycles. The van der Waals surface area contributed by atoms with Crippen molar-refractivity contribution in [1.29, 1.82) is 0 Å². The van der Waals surface area contributed by atoms with Crippen LogP contribution < -0.4 is 5.32 Å². The molecule has 0 aliphatic carbocycles. The van der Waals surface area contributed by atoms with Crippen LogP contribution in [-0.4, -0.2) is 23.0 Å². The maximum Gasteiger partial charge on any atom is 0.326 e. The molecule has 0 fully saturated rings. The zero-order valence-electron chi connectivity index (χ0n) is 9.91. The van der Waals surface area contributed by atoms with Gasteiger partial charge in [0.1, 0.15) is 11.9 Å². The highest BCUT2D eigenvalue weighted by Crippen LogP contribution is 2.20. The van der Waals surface area contributed by atoms with Gasteiger partial charge in [-0.25, -0.2) is 9.18 Å². The van der Waals surface area contributed by atoms with E-state index in [0.29, 0.717) is 0 Å². The number of aliphatic carboxylic acids is 1. The minimum atomic E-state index is -1.12. The lowest BCUT2D eigenvalue weighted by atomic mass is 10.0. The zero-order chi connectivity index (χ0) is 13.9. The van der Waals surface area contributed by atoms with Crippen molar-refractivity contribution in [3.8, 4) is 0 Å². The summed E-state index contributed by atoms with van der Waals surface area (Å²) in [5.74, 6) is -2.58. The van der Waals surface area contributed by atoms with Crippen LogP contribution in [0.2, 0.25) is 0 Å². The second-order valence-corrected chi connectivity index (χ2v) is 4.93. The van der Waals surface area contributed by atoms with Gasteiger partial charge in [0.05, 0.1) is 10.0 Å². The summed E-state index contributed by atoms with van der Waals surface area (Å²) in [6.07, 6.45) is 0. The van der Waals surface area contributed by atoms with Crippen molar-refractivity contribution in [2.75, 3.05) is 0 Å². The smallest absolute Gasteiger partial charge is 0.326 e. The lowest BCUT2D eigenvalue weighted by Gasteiger charge is -2.18. The van der Waals surface area contributed by atoms with E-state index >= 15 is 0 Å². The van der Waals surface area contributed by atoms with Crippen molar-refractivity contribution in [3.63, 3.8) is 0 Å². The second kappa shape index (κ2) is 5.95. The monoisotopic (exact) mass is 317 g/mol. The summed E-state index contributed by atoms with van der Waals surface area (Å²) in [5.41, 5.74) is 0.0712. The Labute approximate surface area is 112 Å². The molecule has 0 saturated carbocycles. The fourth-order valence-electron chi connectivity index (χ4n) is 1.41. The van der Waals surface area contributed by atoms with Gasteiger partial charge < -0.3 is 10.4 Å². The van der Waals surface area contributed by atoms with Crippen LogP contribution >= 0.6 is 15.9 Å². The quantitative estimate of drug-likeness (QED) is 0.896. The van der Waals surface area contributed by atoms with E-state index in [1.807, 2.05) is 0 Å². The van der Waals surface area contributed by atoms with E-state index in [4.69, 9.17) is 5.11 Å². The molecule has 1 aromatic carbocycles. The van der Waals surface area contributed by atoms with Gasteiger partial charge in [-0.1, -0.05) is 19.9 Å². The highest BCUT2D eigenvalue weighted by Gasteiger charge is 2.25. The molecule has 6 heteroatoms. The number of nitrogens with one attached hydrogen (secondary N) is 1. The molecule has 0 bridgehead atoms. The minimum absolute atomic E-state index is 0.0235. The van der Waals surface area contributed by atoms with E-state index in [0.717, 1.165) is 0 Å². The van der Waals surface area contributed by atoms with Gasteiger partial charge in [0.25, 0.3) is 5.91 Å². The van der Waals surface area contributed by atoms with Crippen LogP contribution in [0, 0.1) is 11.7 Å². The summed E-state index contributed by atoms with van der Waals surface area (Å²) in [5, 5.41) is 11.3. The molecule has 1 amide bonds. The fraction of sp³-hybridized carbons (Fsp3) is 0.333. The number of amides is 1. The summed E-state index contributed by atoms with van der Waals surface area (Å²) in [7, 11) is 0. The third-order valence-electron chi connectivity index (χ3n) is 2.42. The minimum Gasteiger partial charge on any atom is -0.480 e. The number of carboxylic acids is 1. The third-order valence-corrected chi connectivity index (χ3v) is 3.22. The molecule has 0 aliphatic rings. The Hall–Kier alpha value is -1.43. The van der Waals surface area contributed by atoms with Crippen LogP contribution in [0.5, 0.6) is 0 Å². The normalized spacial score (nSPS) is 12.3. The molecule has 0 aromatic heterocycles. The predicted molar refractivity (Wildman–Crippen MR) is 67.8 cm³/mol. The summed E-state index contributed by atoms with van der Waals surface area (Å²) >= 11 is 2.96. The van der Waals surface area contributed by atoms with Crippen molar-refractivity contribution >= 4 is 27.8 Å². The van der Waals surface area contributed by atoms with Crippen molar-refractivity contribution in [3.05, 3.63) is 34.1 Å². The summed E-state index contributed by atoms with van der Waals surface area (Å²) in [6.45, 7) is 3.36. The maximum atomic E-state index is 13.3. The van der Waals surface area contributed by atoms with Gasteiger partial charge in [-0.15, -0.1) is 0 Å². The van der Waals surface area contributed by atoms with E-state index in [1.165, 1.54) is 18.2 Å². The van der Waals surface area contributed by atoms with E-state index in [2.05, 4.69) is 21.2 Å². The molecule has 1 aromatic rings. The molecule has 0 radical (unpaired) electrons. The second-order valence-electron chi connectivity index (χ2n) is 4.13. The first kappa shape index (κ1) is 14.6. The highest BCUT2D eigenvalue weighted by molar-refractivity contribution is 9.10. The molecule has 98 valence electrons. The number of carbonyl (C=O) groups excluding carboxylic acids is 1. The average Bonchev–Trinajstić information content (AvgIpc) is 2.28. The van der Waals surface area contributed by atoms with Gasteiger partial charge in [-0.3, -0.25) is 4.79 Å². The molecular formula is C12H13BrFNO3. The lowest BCUT2D eigenvalue weighted by molar-refractivity contribution is -0.140. The topological polar surface area (TPSA) is 66.4 Å². The standard InChI is InChI=1S/C12H13BrFNO3/c1-6(2)10(12(17)18)15-11(16)7-4-3-5-8(14)9(7)13/h3-6,10H,1-2H3,(H,15,16)(H,17,18)/t10-/m1/s1. The number of rotatable bonds is 4. The lowest BCUT2D eigenvalue weighted by Crippen LogP contribution is -2.44. The Kier molecular flexibility index (Phi) is 4.84. The molecule has 0 spiro atoms. The molecule has 1 rings (SSSR count). The first-order valence-electron chi connectivity index (χ1n) is 5.32. The highest BCUT2D eigenvalue weighted by atomic mass is 79.9. The Morgan fingerprint density at radius 2 is 2.00 bits per heavy atom. The Balaban J connectivity index is 2.94. The molecule has 0 heterocycles. The van der Waals surface area contributed by atoms with Gasteiger partial charge in [0, 0.05) is 0 Å². The summed E-state index contributed by atoms with van der Waals surface area (Å²) in [4.78, 5) is 22.8. The van der Waals surface area contributed by atoms with Crippen molar-refractivity contribution < 1.29 is 19.1 Å². The Morgan fingerprint density at radius 1 is 1.39 bits per heavy atom. The van der Waals surface area contributed by atoms with Gasteiger partial charge in [0.15, 0.2) is 0 Å². The number of benzene rings is 1. The molecular weight excluding hydrogens is 305 g/mol. The first-order chi connectivity index (χ1) is 8.34.